The summed E-state index contributed by atoms with van der Waals surface area (Å²) in [5.41, 5.74) is 0.516. The third-order valence-electron chi connectivity index (χ3n) is 4.45. The van der Waals surface area contributed by atoms with E-state index >= 15 is 0 Å². The summed E-state index contributed by atoms with van der Waals surface area (Å²) in [5.74, 6) is -1.47. The van der Waals surface area contributed by atoms with Gasteiger partial charge in [0.25, 0.3) is 10.0 Å². The average molecular weight is 379 g/mol. The molecule has 1 atom stereocenters. The number of aliphatic carboxylic acids is 1. The average Bonchev–Trinajstić information content (AvgIpc) is 3.01. The van der Waals surface area contributed by atoms with Gasteiger partial charge in [-0.25, -0.2) is 12.8 Å². The number of para-hydroxylation sites is 1. The van der Waals surface area contributed by atoms with E-state index in [0.717, 1.165) is 4.31 Å². The van der Waals surface area contributed by atoms with Crippen LogP contribution in [0.25, 0.3) is 0 Å². The highest BCUT2D eigenvalue weighted by Gasteiger charge is 2.38. The third-order valence-corrected chi connectivity index (χ3v) is 6.23. The van der Waals surface area contributed by atoms with Gasteiger partial charge in [0.1, 0.15) is 11.6 Å². The number of hydrogen-bond acceptors (Lipinski definition) is 4. The van der Waals surface area contributed by atoms with Crippen molar-refractivity contribution in [1.82, 2.24) is 0 Å². The Hall–Kier alpha value is -2.61. The summed E-state index contributed by atoms with van der Waals surface area (Å²) in [4.78, 5) is 10.9. The highest BCUT2D eigenvalue weighted by atomic mass is 32.2. The lowest BCUT2D eigenvalue weighted by Gasteiger charge is -2.20. The lowest BCUT2D eigenvalue weighted by Crippen LogP contribution is -2.30. The maximum absolute atomic E-state index is 14.4. The number of anilines is 1. The molecule has 1 N–H and O–H groups in total. The van der Waals surface area contributed by atoms with Crippen LogP contribution >= 0.6 is 0 Å². The molecular formula is C18H18FNO5S. The number of methoxy groups -OCH3 is 1. The molecular weight excluding hydrogens is 361 g/mol. The number of carboxylic acids is 1. The summed E-state index contributed by atoms with van der Waals surface area (Å²) in [6.45, 7) is 0.0118. The molecule has 0 aliphatic carbocycles. The third kappa shape index (κ3) is 3.24. The van der Waals surface area contributed by atoms with Gasteiger partial charge in [0.15, 0.2) is 0 Å². The van der Waals surface area contributed by atoms with Crippen LogP contribution in [0, 0.1) is 5.82 Å². The Labute approximate surface area is 150 Å². The van der Waals surface area contributed by atoms with Gasteiger partial charge in [0.05, 0.1) is 17.7 Å². The summed E-state index contributed by atoms with van der Waals surface area (Å²) < 4.78 is 46.6. The normalized spacial score (nSPS) is 16.4. The van der Waals surface area contributed by atoms with Crippen molar-refractivity contribution < 1.29 is 27.4 Å². The topological polar surface area (TPSA) is 83.9 Å². The van der Waals surface area contributed by atoms with Crippen LogP contribution in [-0.4, -0.2) is 33.1 Å². The van der Waals surface area contributed by atoms with Crippen molar-refractivity contribution in [1.29, 1.82) is 0 Å². The molecule has 1 unspecified atom stereocenters. The van der Waals surface area contributed by atoms with Crippen LogP contribution in [0.1, 0.15) is 24.3 Å². The van der Waals surface area contributed by atoms with E-state index in [1.165, 1.54) is 43.5 Å². The molecule has 0 amide bonds. The molecule has 1 heterocycles. The first kappa shape index (κ1) is 18.2. The molecule has 138 valence electrons. The fourth-order valence-electron chi connectivity index (χ4n) is 3.15. The first-order chi connectivity index (χ1) is 12.3. The molecule has 0 saturated carbocycles. The van der Waals surface area contributed by atoms with Gasteiger partial charge in [0, 0.05) is 18.9 Å². The van der Waals surface area contributed by atoms with Gasteiger partial charge < -0.3 is 9.84 Å². The molecule has 1 aliphatic rings. The molecule has 26 heavy (non-hydrogen) atoms. The van der Waals surface area contributed by atoms with E-state index in [0.29, 0.717) is 11.3 Å². The molecule has 0 saturated heterocycles. The van der Waals surface area contributed by atoms with Crippen LogP contribution in [0.4, 0.5) is 10.1 Å². The SMILES string of the molecule is COc1ccc(S(=O)(=O)N2CC(CCC(=O)O)c3cccc(F)c32)cc1. The molecule has 0 aromatic heterocycles. The number of fused-ring (bicyclic) bond motifs is 1. The van der Waals surface area contributed by atoms with Gasteiger partial charge in [-0.1, -0.05) is 12.1 Å². The Morgan fingerprint density at radius 2 is 1.96 bits per heavy atom. The number of nitrogens with zero attached hydrogens (tertiary/aromatic N) is 1. The summed E-state index contributed by atoms with van der Waals surface area (Å²) >= 11 is 0. The smallest absolute Gasteiger partial charge is 0.303 e. The largest absolute Gasteiger partial charge is 0.497 e. The molecule has 0 bridgehead atoms. The minimum atomic E-state index is -3.98. The Bertz CT molecular complexity index is 927. The van der Waals surface area contributed by atoms with E-state index in [9.17, 15) is 17.6 Å². The van der Waals surface area contributed by atoms with Crippen molar-refractivity contribution in [3.8, 4) is 5.75 Å². The molecule has 0 spiro atoms. The van der Waals surface area contributed by atoms with Crippen molar-refractivity contribution in [2.45, 2.75) is 23.7 Å². The molecule has 1 aliphatic heterocycles. The standard InChI is InChI=1S/C18H18FNO5S/c1-25-13-6-8-14(9-7-13)26(23,24)20-11-12(5-10-17(21)22)15-3-2-4-16(19)18(15)20/h2-4,6-9,12H,5,10-11H2,1H3,(H,21,22). The van der Waals surface area contributed by atoms with Crippen LogP contribution in [0.15, 0.2) is 47.4 Å². The molecule has 6 nitrogen and oxygen atoms in total. The number of carboxylic acid groups (broad SMARTS) is 1. The van der Waals surface area contributed by atoms with Gasteiger partial charge in [0.2, 0.25) is 0 Å². The van der Waals surface area contributed by atoms with E-state index in [1.54, 1.807) is 6.07 Å². The van der Waals surface area contributed by atoms with E-state index < -0.39 is 21.8 Å². The number of halogens is 1. The van der Waals surface area contributed by atoms with Crippen molar-refractivity contribution in [2.75, 3.05) is 18.0 Å². The molecule has 0 fully saturated rings. The van der Waals surface area contributed by atoms with Crippen LogP contribution < -0.4 is 9.04 Å². The monoisotopic (exact) mass is 379 g/mol. The second kappa shape index (κ2) is 6.95. The number of sulfonamides is 1. The summed E-state index contributed by atoms with van der Waals surface area (Å²) in [5, 5.41) is 8.91. The lowest BCUT2D eigenvalue weighted by molar-refractivity contribution is -0.137. The molecule has 2 aromatic rings. The second-order valence-electron chi connectivity index (χ2n) is 6.02. The fourth-order valence-corrected chi connectivity index (χ4v) is 4.70. The first-order valence-corrected chi connectivity index (χ1v) is 9.45. The fraction of sp³-hybridized carbons (Fsp3) is 0.278. The minimum absolute atomic E-state index is 0.00120. The predicted molar refractivity (Wildman–Crippen MR) is 93.5 cm³/mol. The number of carbonyl (C=O) groups is 1. The summed E-state index contributed by atoms with van der Waals surface area (Å²) in [6.07, 6.45) is 0.122. The van der Waals surface area contributed by atoms with E-state index in [1.807, 2.05) is 0 Å². The number of rotatable bonds is 6. The van der Waals surface area contributed by atoms with E-state index in [4.69, 9.17) is 9.84 Å². The zero-order valence-electron chi connectivity index (χ0n) is 14.1. The van der Waals surface area contributed by atoms with Crippen LogP contribution in [0.3, 0.4) is 0 Å². The minimum Gasteiger partial charge on any atom is -0.497 e. The molecule has 8 heteroatoms. The quantitative estimate of drug-likeness (QED) is 0.834. The number of ether oxygens (including phenoxy) is 1. The van der Waals surface area contributed by atoms with Gasteiger partial charge in [-0.2, -0.15) is 0 Å². The van der Waals surface area contributed by atoms with Gasteiger partial charge in [-0.05, 0) is 42.3 Å². The van der Waals surface area contributed by atoms with Crippen molar-refractivity contribution in [3.05, 3.63) is 53.8 Å². The zero-order chi connectivity index (χ0) is 18.9. The van der Waals surface area contributed by atoms with Crippen molar-refractivity contribution in [3.63, 3.8) is 0 Å². The molecule has 0 radical (unpaired) electrons. The number of benzene rings is 2. The van der Waals surface area contributed by atoms with Gasteiger partial charge in [-0.3, -0.25) is 9.10 Å². The Kier molecular flexibility index (Phi) is 4.86. The van der Waals surface area contributed by atoms with Crippen LogP contribution in [0.2, 0.25) is 0 Å². The Morgan fingerprint density at radius 3 is 2.58 bits per heavy atom. The van der Waals surface area contributed by atoms with E-state index in [2.05, 4.69) is 0 Å². The maximum atomic E-state index is 14.4. The molecule has 2 aromatic carbocycles. The Morgan fingerprint density at radius 1 is 1.27 bits per heavy atom. The Balaban J connectivity index is 2.00. The summed E-state index contributed by atoms with van der Waals surface area (Å²) in [7, 11) is -2.51. The predicted octanol–water partition coefficient (Wildman–Crippen LogP) is 2.99. The van der Waals surface area contributed by atoms with Gasteiger partial charge in [-0.15, -0.1) is 0 Å². The van der Waals surface area contributed by atoms with Crippen LogP contribution in [-0.2, 0) is 14.8 Å². The maximum Gasteiger partial charge on any atom is 0.303 e. The zero-order valence-corrected chi connectivity index (χ0v) is 14.9. The molecule has 3 rings (SSSR count). The van der Waals surface area contributed by atoms with Crippen molar-refractivity contribution >= 4 is 21.7 Å². The second-order valence-corrected chi connectivity index (χ2v) is 7.88. The number of hydrogen-bond donors (Lipinski definition) is 1. The van der Waals surface area contributed by atoms with Gasteiger partial charge >= 0.3 is 5.97 Å². The van der Waals surface area contributed by atoms with Crippen molar-refractivity contribution in [2.24, 2.45) is 0 Å². The summed E-state index contributed by atoms with van der Waals surface area (Å²) in [6, 6.07) is 10.2. The lowest BCUT2D eigenvalue weighted by atomic mass is 9.96. The first-order valence-electron chi connectivity index (χ1n) is 8.01. The van der Waals surface area contributed by atoms with E-state index in [-0.39, 0.29) is 35.9 Å². The van der Waals surface area contributed by atoms with Crippen LogP contribution in [0.5, 0.6) is 5.75 Å². The highest BCUT2D eigenvalue weighted by molar-refractivity contribution is 7.92. The highest BCUT2D eigenvalue weighted by Crippen LogP contribution is 2.43.